The molecule has 23 heavy (non-hydrogen) atoms. The molecule has 0 saturated heterocycles. The van der Waals surface area contributed by atoms with Crippen LogP contribution in [0, 0.1) is 0 Å². The standard InChI is InChI=1S/C21H31NO/c1-2-3-4-5-6-7-8-9-10-11-13-19-16-15-18-14-12-17-22-20(18)21(19)23/h12,14-17,23H,2-11,13H2,1H3. The van der Waals surface area contributed by atoms with Crippen molar-refractivity contribution in [2.75, 3.05) is 0 Å². The molecule has 1 aromatic heterocycles. The van der Waals surface area contributed by atoms with E-state index in [0.29, 0.717) is 5.75 Å². The lowest BCUT2D eigenvalue weighted by atomic mass is 10.0. The number of aromatic nitrogens is 1. The number of aryl methyl sites for hydroxylation is 1. The molecular weight excluding hydrogens is 282 g/mol. The van der Waals surface area contributed by atoms with E-state index in [0.717, 1.165) is 29.3 Å². The number of hydrogen-bond donors (Lipinski definition) is 1. The van der Waals surface area contributed by atoms with Crippen molar-refractivity contribution < 1.29 is 5.11 Å². The van der Waals surface area contributed by atoms with Crippen LogP contribution in [0.1, 0.15) is 76.7 Å². The number of nitrogens with zero attached hydrogens (tertiary/aromatic N) is 1. The number of benzene rings is 1. The molecule has 0 spiro atoms. The Bertz CT molecular complexity index is 579. The maximum atomic E-state index is 10.3. The highest BCUT2D eigenvalue weighted by atomic mass is 16.3. The fourth-order valence-electron chi connectivity index (χ4n) is 3.18. The Balaban J connectivity index is 1.62. The second kappa shape index (κ2) is 10.3. The molecule has 1 heterocycles. The van der Waals surface area contributed by atoms with Crippen LogP contribution < -0.4 is 0 Å². The molecule has 0 bridgehead atoms. The molecule has 126 valence electrons. The summed E-state index contributed by atoms with van der Waals surface area (Å²) in [5.41, 5.74) is 1.77. The summed E-state index contributed by atoms with van der Waals surface area (Å²) in [7, 11) is 0. The normalized spacial score (nSPS) is 11.2. The first-order valence-electron chi connectivity index (χ1n) is 9.38. The second-order valence-corrected chi connectivity index (χ2v) is 6.58. The predicted molar refractivity (Wildman–Crippen MR) is 99.0 cm³/mol. The van der Waals surface area contributed by atoms with Crippen LogP contribution in [-0.4, -0.2) is 10.1 Å². The number of hydrogen-bond acceptors (Lipinski definition) is 2. The first-order chi connectivity index (χ1) is 11.3. The number of phenols is 1. The molecule has 0 radical (unpaired) electrons. The van der Waals surface area contributed by atoms with Crippen molar-refractivity contribution >= 4 is 10.9 Å². The van der Waals surface area contributed by atoms with Gasteiger partial charge in [-0.25, -0.2) is 0 Å². The molecule has 1 N–H and O–H groups in total. The Morgan fingerprint density at radius 2 is 1.48 bits per heavy atom. The molecule has 0 saturated carbocycles. The smallest absolute Gasteiger partial charge is 0.144 e. The van der Waals surface area contributed by atoms with Gasteiger partial charge in [0.25, 0.3) is 0 Å². The van der Waals surface area contributed by atoms with Crippen molar-refractivity contribution in [2.45, 2.75) is 77.6 Å². The number of phenolic OH excluding ortho intramolecular Hbond substituents is 1. The van der Waals surface area contributed by atoms with Gasteiger partial charge in [0.15, 0.2) is 0 Å². The first-order valence-corrected chi connectivity index (χ1v) is 9.38. The van der Waals surface area contributed by atoms with E-state index in [-0.39, 0.29) is 0 Å². The number of pyridine rings is 1. The molecule has 0 aliphatic heterocycles. The van der Waals surface area contributed by atoms with E-state index in [1.54, 1.807) is 6.20 Å². The summed E-state index contributed by atoms with van der Waals surface area (Å²) in [6, 6.07) is 8.01. The Hall–Kier alpha value is -1.57. The van der Waals surface area contributed by atoms with Crippen LogP contribution in [0.25, 0.3) is 10.9 Å². The highest BCUT2D eigenvalue weighted by Gasteiger charge is 2.06. The molecule has 2 heteroatoms. The van der Waals surface area contributed by atoms with E-state index >= 15 is 0 Å². The lowest BCUT2D eigenvalue weighted by Crippen LogP contribution is -1.90. The lowest BCUT2D eigenvalue weighted by molar-refractivity contribution is 0.471. The van der Waals surface area contributed by atoms with Gasteiger partial charge < -0.3 is 5.11 Å². The number of fused-ring (bicyclic) bond motifs is 1. The average molecular weight is 313 g/mol. The molecule has 0 aliphatic carbocycles. The van der Waals surface area contributed by atoms with Crippen molar-refractivity contribution in [1.29, 1.82) is 0 Å². The zero-order valence-electron chi connectivity index (χ0n) is 14.6. The number of rotatable bonds is 11. The lowest BCUT2D eigenvalue weighted by Gasteiger charge is -2.07. The molecule has 0 unspecified atom stereocenters. The zero-order chi connectivity index (χ0) is 16.3. The van der Waals surface area contributed by atoms with E-state index in [1.165, 1.54) is 57.8 Å². The fraction of sp³-hybridized carbons (Fsp3) is 0.571. The molecule has 0 aliphatic rings. The van der Waals surface area contributed by atoms with Gasteiger partial charge in [0.05, 0.1) is 0 Å². The summed E-state index contributed by atoms with van der Waals surface area (Å²) in [5, 5.41) is 11.3. The summed E-state index contributed by atoms with van der Waals surface area (Å²) in [5.74, 6) is 0.374. The van der Waals surface area contributed by atoms with E-state index in [9.17, 15) is 5.11 Å². The summed E-state index contributed by atoms with van der Waals surface area (Å²) >= 11 is 0. The van der Waals surface area contributed by atoms with Gasteiger partial charge >= 0.3 is 0 Å². The molecular formula is C21H31NO. The quantitative estimate of drug-likeness (QED) is 0.487. The zero-order valence-corrected chi connectivity index (χ0v) is 14.6. The minimum Gasteiger partial charge on any atom is -0.505 e. The van der Waals surface area contributed by atoms with Gasteiger partial charge in [0.2, 0.25) is 0 Å². The number of aromatic hydroxyl groups is 1. The summed E-state index contributed by atoms with van der Waals surface area (Å²) in [4.78, 5) is 4.29. The fourth-order valence-corrected chi connectivity index (χ4v) is 3.18. The van der Waals surface area contributed by atoms with Crippen LogP contribution >= 0.6 is 0 Å². The molecule has 1 aromatic carbocycles. The van der Waals surface area contributed by atoms with Crippen LogP contribution in [0.5, 0.6) is 5.75 Å². The minimum absolute atomic E-state index is 0.374. The molecule has 2 nitrogen and oxygen atoms in total. The van der Waals surface area contributed by atoms with Gasteiger partial charge in [-0.3, -0.25) is 4.98 Å². The first kappa shape index (κ1) is 17.8. The average Bonchev–Trinajstić information content (AvgIpc) is 2.58. The van der Waals surface area contributed by atoms with Gasteiger partial charge in [-0.05, 0) is 24.5 Å². The van der Waals surface area contributed by atoms with E-state index in [1.807, 2.05) is 18.2 Å². The van der Waals surface area contributed by atoms with E-state index in [2.05, 4.69) is 18.0 Å². The largest absolute Gasteiger partial charge is 0.505 e. The van der Waals surface area contributed by atoms with Crippen molar-refractivity contribution in [1.82, 2.24) is 4.98 Å². The van der Waals surface area contributed by atoms with Crippen molar-refractivity contribution in [3.05, 3.63) is 36.0 Å². The van der Waals surface area contributed by atoms with Crippen molar-refractivity contribution in [3.8, 4) is 5.75 Å². The summed E-state index contributed by atoms with van der Waals surface area (Å²) in [6.45, 7) is 2.27. The minimum atomic E-state index is 0.374. The van der Waals surface area contributed by atoms with Crippen LogP contribution in [0.3, 0.4) is 0 Å². The second-order valence-electron chi connectivity index (χ2n) is 6.58. The Labute approximate surface area is 141 Å². The van der Waals surface area contributed by atoms with Gasteiger partial charge in [0, 0.05) is 11.6 Å². The molecule has 0 amide bonds. The summed E-state index contributed by atoms with van der Waals surface area (Å²) in [6.07, 6.45) is 16.1. The van der Waals surface area contributed by atoms with E-state index in [4.69, 9.17) is 0 Å². The highest BCUT2D eigenvalue weighted by molar-refractivity contribution is 5.85. The van der Waals surface area contributed by atoms with Gasteiger partial charge in [0.1, 0.15) is 11.3 Å². The molecule has 0 atom stereocenters. The Kier molecular flexibility index (Phi) is 7.92. The highest BCUT2D eigenvalue weighted by Crippen LogP contribution is 2.28. The topological polar surface area (TPSA) is 33.1 Å². The SMILES string of the molecule is CCCCCCCCCCCCc1ccc2cccnc2c1O. The Morgan fingerprint density at radius 3 is 2.17 bits per heavy atom. The Morgan fingerprint density at radius 1 is 0.826 bits per heavy atom. The third-order valence-corrected chi connectivity index (χ3v) is 4.63. The summed E-state index contributed by atoms with van der Waals surface area (Å²) < 4.78 is 0. The van der Waals surface area contributed by atoms with Gasteiger partial charge in [-0.1, -0.05) is 82.9 Å². The van der Waals surface area contributed by atoms with Crippen LogP contribution in [0.4, 0.5) is 0 Å². The van der Waals surface area contributed by atoms with Crippen molar-refractivity contribution in [3.63, 3.8) is 0 Å². The van der Waals surface area contributed by atoms with Crippen LogP contribution in [0.15, 0.2) is 30.5 Å². The third-order valence-electron chi connectivity index (χ3n) is 4.63. The third kappa shape index (κ3) is 5.85. The maximum absolute atomic E-state index is 10.3. The maximum Gasteiger partial charge on any atom is 0.144 e. The predicted octanol–water partition coefficient (Wildman–Crippen LogP) is 6.40. The van der Waals surface area contributed by atoms with Gasteiger partial charge in [-0.15, -0.1) is 0 Å². The monoisotopic (exact) mass is 313 g/mol. The number of unbranched alkanes of at least 4 members (excludes halogenated alkanes) is 9. The molecule has 0 fully saturated rings. The van der Waals surface area contributed by atoms with Gasteiger partial charge in [-0.2, -0.15) is 0 Å². The molecule has 2 rings (SSSR count). The van der Waals surface area contributed by atoms with Crippen LogP contribution in [-0.2, 0) is 6.42 Å². The van der Waals surface area contributed by atoms with Crippen LogP contribution in [0.2, 0.25) is 0 Å². The molecule has 2 aromatic rings. The van der Waals surface area contributed by atoms with E-state index < -0.39 is 0 Å². The van der Waals surface area contributed by atoms with Crippen molar-refractivity contribution in [2.24, 2.45) is 0 Å².